The number of hydrogen-bond donors (Lipinski definition) is 1. The minimum atomic E-state index is -0.848. The number of non-ortho nitro benzene ring substituents is 1. The van der Waals surface area contributed by atoms with Gasteiger partial charge in [0.1, 0.15) is 17.6 Å². The Labute approximate surface area is 168 Å². The predicted molar refractivity (Wildman–Crippen MR) is 104 cm³/mol. The molecule has 3 aromatic rings. The molecule has 1 aromatic carbocycles. The number of hydrogen-bond acceptors (Lipinski definition) is 7. The Balaban J connectivity index is 1.85. The second-order valence-electron chi connectivity index (χ2n) is 6.33. The van der Waals surface area contributed by atoms with E-state index in [0.717, 1.165) is 0 Å². The Bertz CT molecular complexity index is 1120. The summed E-state index contributed by atoms with van der Waals surface area (Å²) in [6.07, 6.45) is 1.47. The molecule has 146 valence electrons. The first-order chi connectivity index (χ1) is 14.0. The van der Waals surface area contributed by atoms with Crippen LogP contribution in [0.5, 0.6) is 0 Å². The minimum absolute atomic E-state index is 0.0475. The highest BCUT2D eigenvalue weighted by molar-refractivity contribution is 7.10. The van der Waals surface area contributed by atoms with E-state index in [-0.39, 0.29) is 23.4 Å². The lowest BCUT2D eigenvalue weighted by Crippen LogP contribution is -2.28. The predicted octanol–water partition coefficient (Wildman–Crippen LogP) is 3.87. The third-order valence-electron chi connectivity index (χ3n) is 4.59. The Hall–Kier alpha value is -3.72. The quantitative estimate of drug-likeness (QED) is 0.225. The standard InChI is InChI=1S/C20H14N2O6S/c23-18(12-4-1-5-13(10-12)22(26)27)16-17(15-7-3-9-29-15)21(20(25)19(16)24)11-14-6-2-8-28-14/h1-10,17,23H,11H2/b18-16+/t17-/m1/s1. The van der Waals surface area contributed by atoms with E-state index in [4.69, 9.17) is 4.42 Å². The van der Waals surface area contributed by atoms with Gasteiger partial charge in [-0.1, -0.05) is 18.2 Å². The van der Waals surface area contributed by atoms with Gasteiger partial charge in [-0.3, -0.25) is 19.7 Å². The maximum atomic E-state index is 12.8. The highest BCUT2D eigenvalue weighted by Crippen LogP contribution is 2.42. The molecule has 1 atom stereocenters. The summed E-state index contributed by atoms with van der Waals surface area (Å²) in [4.78, 5) is 38.0. The van der Waals surface area contributed by atoms with Gasteiger partial charge in [0.25, 0.3) is 17.4 Å². The molecule has 1 aliphatic heterocycles. The first kappa shape index (κ1) is 18.6. The summed E-state index contributed by atoms with van der Waals surface area (Å²) >= 11 is 1.33. The van der Waals surface area contributed by atoms with Crippen molar-refractivity contribution in [3.05, 3.63) is 92.1 Å². The Kier molecular flexibility index (Phi) is 4.73. The molecule has 9 heteroatoms. The fourth-order valence-electron chi connectivity index (χ4n) is 3.28. The molecular weight excluding hydrogens is 396 g/mol. The molecule has 1 aliphatic rings. The van der Waals surface area contributed by atoms with Crippen LogP contribution >= 0.6 is 11.3 Å². The summed E-state index contributed by atoms with van der Waals surface area (Å²) in [6, 6.07) is 11.4. The number of furan rings is 1. The van der Waals surface area contributed by atoms with Crippen LogP contribution in [-0.2, 0) is 16.1 Å². The lowest BCUT2D eigenvalue weighted by atomic mass is 9.99. The lowest BCUT2D eigenvalue weighted by molar-refractivity contribution is -0.384. The van der Waals surface area contributed by atoms with Crippen LogP contribution in [0.25, 0.3) is 5.76 Å². The maximum Gasteiger partial charge on any atom is 0.296 e. The number of carbonyl (C=O) groups excluding carboxylic acids is 2. The van der Waals surface area contributed by atoms with Gasteiger partial charge in [0.15, 0.2) is 0 Å². The van der Waals surface area contributed by atoms with Gasteiger partial charge >= 0.3 is 0 Å². The molecule has 0 radical (unpaired) electrons. The van der Waals surface area contributed by atoms with Gasteiger partial charge in [-0.05, 0) is 23.6 Å². The van der Waals surface area contributed by atoms with E-state index in [1.807, 2.05) is 0 Å². The van der Waals surface area contributed by atoms with Crippen LogP contribution < -0.4 is 0 Å². The fourth-order valence-corrected chi connectivity index (χ4v) is 4.12. The topological polar surface area (TPSA) is 114 Å². The number of nitrogens with zero attached hydrogens (tertiary/aromatic N) is 2. The van der Waals surface area contributed by atoms with E-state index < -0.39 is 28.4 Å². The van der Waals surface area contributed by atoms with Crippen molar-refractivity contribution in [3.63, 3.8) is 0 Å². The van der Waals surface area contributed by atoms with E-state index in [2.05, 4.69) is 0 Å². The second kappa shape index (κ2) is 7.36. The van der Waals surface area contributed by atoms with E-state index in [1.165, 1.54) is 46.8 Å². The van der Waals surface area contributed by atoms with Crippen molar-refractivity contribution in [2.24, 2.45) is 0 Å². The Morgan fingerprint density at radius 2 is 2.03 bits per heavy atom. The summed E-state index contributed by atoms with van der Waals surface area (Å²) in [7, 11) is 0. The molecule has 8 nitrogen and oxygen atoms in total. The zero-order valence-corrected chi connectivity index (χ0v) is 15.7. The molecule has 0 spiro atoms. The van der Waals surface area contributed by atoms with Crippen LogP contribution in [-0.4, -0.2) is 26.6 Å². The molecule has 1 N–H and O–H groups in total. The van der Waals surface area contributed by atoms with E-state index in [0.29, 0.717) is 10.6 Å². The number of thiophene rings is 1. The molecular formula is C20H14N2O6S. The number of likely N-dealkylation sites (tertiary alicyclic amines) is 1. The Morgan fingerprint density at radius 3 is 2.69 bits per heavy atom. The van der Waals surface area contributed by atoms with E-state index in [1.54, 1.807) is 29.6 Å². The minimum Gasteiger partial charge on any atom is -0.507 e. The molecule has 0 aliphatic carbocycles. The van der Waals surface area contributed by atoms with Crippen molar-refractivity contribution in [1.29, 1.82) is 0 Å². The zero-order valence-electron chi connectivity index (χ0n) is 14.8. The van der Waals surface area contributed by atoms with Crippen molar-refractivity contribution in [1.82, 2.24) is 4.90 Å². The molecule has 0 unspecified atom stereocenters. The summed E-state index contributed by atoms with van der Waals surface area (Å²) in [5, 5.41) is 23.7. The van der Waals surface area contributed by atoms with Gasteiger partial charge in [-0.25, -0.2) is 0 Å². The first-order valence-electron chi connectivity index (χ1n) is 8.56. The monoisotopic (exact) mass is 410 g/mol. The van der Waals surface area contributed by atoms with Crippen LogP contribution in [0.2, 0.25) is 0 Å². The van der Waals surface area contributed by atoms with Gasteiger partial charge in [-0.15, -0.1) is 11.3 Å². The second-order valence-corrected chi connectivity index (χ2v) is 7.31. The average Bonchev–Trinajstić information content (AvgIpc) is 3.46. The normalized spacial score (nSPS) is 18.3. The van der Waals surface area contributed by atoms with E-state index >= 15 is 0 Å². The van der Waals surface area contributed by atoms with Crippen molar-refractivity contribution >= 4 is 34.5 Å². The molecule has 1 fully saturated rings. The molecule has 1 saturated heterocycles. The molecule has 4 rings (SSSR count). The van der Waals surface area contributed by atoms with Crippen LogP contribution in [0.3, 0.4) is 0 Å². The van der Waals surface area contributed by atoms with Crippen molar-refractivity contribution in [3.8, 4) is 0 Å². The number of aliphatic hydroxyl groups excluding tert-OH is 1. The highest BCUT2D eigenvalue weighted by atomic mass is 32.1. The van der Waals surface area contributed by atoms with Crippen LogP contribution in [0, 0.1) is 10.1 Å². The summed E-state index contributed by atoms with van der Waals surface area (Å²) in [6.45, 7) is 0.0475. The number of amides is 1. The van der Waals surface area contributed by atoms with Crippen LogP contribution in [0.15, 0.2) is 70.2 Å². The summed E-state index contributed by atoms with van der Waals surface area (Å²) in [5.74, 6) is -1.58. The molecule has 2 aromatic heterocycles. The van der Waals surface area contributed by atoms with Gasteiger partial charge in [0.05, 0.1) is 23.3 Å². The molecule has 29 heavy (non-hydrogen) atoms. The molecule has 0 saturated carbocycles. The maximum absolute atomic E-state index is 12.8. The SMILES string of the molecule is O=C1C(=O)N(Cc2ccco2)[C@H](c2cccs2)/C1=C(\O)c1cccc([N+](=O)[O-])c1. The van der Waals surface area contributed by atoms with Crippen LogP contribution in [0.4, 0.5) is 5.69 Å². The van der Waals surface area contributed by atoms with Crippen molar-refractivity contribution in [2.45, 2.75) is 12.6 Å². The molecule has 3 heterocycles. The van der Waals surface area contributed by atoms with Gasteiger partial charge in [-0.2, -0.15) is 0 Å². The number of Topliss-reactive ketones (excluding diaryl/α,β-unsaturated/α-hetero) is 1. The molecule has 0 bridgehead atoms. The zero-order chi connectivity index (χ0) is 20.5. The number of nitro benzene ring substituents is 1. The third kappa shape index (κ3) is 3.32. The van der Waals surface area contributed by atoms with Crippen molar-refractivity contribution in [2.75, 3.05) is 0 Å². The number of rotatable bonds is 5. The number of carbonyl (C=O) groups is 2. The number of ketones is 1. The van der Waals surface area contributed by atoms with Gasteiger partial charge in [0, 0.05) is 22.6 Å². The number of nitro groups is 1. The highest BCUT2D eigenvalue weighted by Gasteiger charge is 2.46. The average molecular weight is 410 g/mol. The van der Waals surface area contributed by atoms with Crippen LogP contribution in [0.1, 0.15) is 22.2 Å². The summed E-state index contributed by atoms with van der Waals surface area (Å²) < 4.78 is 5.31. The third-order valence-corrected chi connectivity index (χ3v) is 5.51. The van der Waals surface area contributed by atoms with E-state index in [9.17, 15) is 24.8 Å². The lowest BCUT2D eigenvalue weighted by Gasteiger charge is -2.23. The van der Waals surface area contributed by atoms with Gasteiger partial charge in [0.2, 0.25) is 0 Å². The smallest absolute Gasteiger partial charge is 0.296 e. The number of benzene rings is 1. The van der Waals surface area contributed by atoms with Crippen molar-refractivity contribution < 1.29 is 24.0 Å². The Morgan fingerprint density at radius 1 is 1.21 bits per heavy atom. The first-order valence-corrected chi connectivity index (χ1v) is 9.44. The fraction of sp³-hybridized carbons (Fsp3) is 0.100. The molecule has 1 amide bonds. The summed E-state index contributed by atoms with van der Waals surface area (Å²) in [5.41, 5.74) is -0.243. The largest absolute Gasteiger partial charge is 0.507 e. The number of aliphatic hydroxyl groups is 1. The van der Waals surface area contributed by atoms with Gasteiger partial charge < -0.3 is 14.4 Å².